The highest BCUT2D eigenvalue weighted by Gasteiger charge is 2.33. The first-order valence-electron chi connectivity index (χ1n) is 7.49. The molecule has 0 aliphatic carbocycles. The Hall–Kier alpha value is -1.95. The maximum atomic E-state index is 12.1. The summed E-state index contributed by atoms with van der Waals surface area (Å²) in [5.41, 5.74) is 8.76. The molecule has 0 saturated carbocycles. The van der Waals surface area contributed by atoms with E-state index < -0.39 is 0 Å². The summed E-state index contributed by atoms with van der Waals surface area (Å²) >= 11 is 0. The van der Waals surface area contributed by atoms with Gasteiger partial charge in [-0.15, -0.1) is 0 Å². The third-order valence-corrected chi connectivity index (χ3v) is 4.10. The van der Waals surface area contributed by atoms with E-state index in [0.29, 0.717) is 26.1 Å². The van der Waals surface area contributed by atoms with Gasteiger partial charge in [-0.3, -0.25) is 0 Å². The molecule has 6 nitrogen and oxygen atoms in total. The number of carbonyl (C=O) groups excluding carboxylic acids is 1. The lowest BCUT2D eigenvalue weighted by atomic mass is 9.89. The van der Waals surface area contributed by atoms with Crippen LogP contribution in [0.1, 0.15) is 36.6 Å². The lowest BCUT2D eigenvalue weighted by Crippen LogP contribution is -2.39. The third-order valence-electron chi connectivity index (χ3n) is 4.10. The molecular weight excluding hydrogens is 284 g/mol. The number of carbonyl (C=O) groups is 1. The highest BCUT2D eigenvalue weighted by atomic mass is 16.6. The van der Waals surface area contributed by atoms with E-state index in [1.54, 1.807) is 26.0 Å². The molecule has 0 spiro atoms. The van der Waals surface area contributed by atoms with Crippen molar-refractivity contribution in [2.45, 2.75) is 32.9 Å². The van der Waals surface area contributed by atoms with E-state index in [4.69, 9.17) is 19.9 Å². The summed E-state index contributed by atoms with van der Waals surface area (Å²) in [7, 11) is 3.27. The van der Waals surface area contributed by atoms with Crippen molar-refractivity contribution >= 4 is 6.09 Å². The molecule has 0 radical (unpaired) electrons. The Morgan fingerprint density at radius 2 is 2.14 bits per heavy atom. The predicted octanol–water partition coefficient (Wildman–Crippen LogP) is 2.24. The lowest BCUT2D eigenvalue weighted by molar-refractivity contribution is 0.0892. The summed E-state index contributed by atoms with van der Waals surface area (Å²) in [6.07, 6.45) is 0.385. The first-order chi connectivity index (χ1) is 10.6. The van der Waals surface area contributed by atoms with Gasteiger partial charge in [-0.2, -0.15) is 0 Å². The highest BCUT2D eigenvalue weighted by Crippen LogP contribution is 2.43. The number of hydrogen-bond donors (Lipinski definition) is 1. The van der Waals surface area contributed by atoms with Gasteiger partial charge >= 0.3 is 6.09 Å². The van der Waals surface area contributed by atoms with Gasteiger partial charge in [-0.25, -0.2) is 4.79 Å². The van der Waals surface area contributed by atoms with Crippen molar-refractivity contribution in [1.82, 2.24) is 4.90 Å². The zero-order valence-corrected chi connectivity index (χ0v) is 13.6. The maximum absolute atomic E-state index is 12.1. The van der Waals surface area contributed by atoms with Crippen molar-refractivity contribution < 1.29 is 19.0 Å². The topological polar surface area (TPSA) is 74.0 Å². The van der Waals surface area contributed by atoms with Crippen LogP contribution in [0.5, 0.6) is 11.5 Å². The minimum absolute atomic E-state index is 0.140. The summed E-state index contributed by atoms with van der Waals surface area (Å²) in [4.78, 5) is 13.8. The molecule has 1 heterocycles. The van der Waals surface area contributed by atoms with Crippen molar-refractivity contribution in [1.29, 1.82) is 0 Å². The van der Waals surface area contributed by atoms with Gasteiger partial charge in [-0.1, -0.05) is 0 Å². The Morgan fingerprint density at radius 3 is 2.68 bits per heavy atom. The number of rotatable bonds is 4. The van der Waals surface area contributed by atoms with Crippen LogP contribution < -0.4 is 15.2 Å². The van der Waals surface area contributed by atoms with Crippen LogP contribution in [0.25, 0.3) is 0 Å². The largest absolute Gasteiger partial charge is 0.496 e. The Bertz CT molecular complexity index is 560. The van der Waals surface area contributed by atoms with Gasteiger partial charge in [0.2, 0.25) is 0 Å². The third kappa shape index (κ3) is 2.70. The van der Waals surface area contributed by atoms with Crippen molar-refractivity contribution in [3.63, 3.8) is 0 Å². The van der Waals surface area contributed by atoms with E-state index in [9.17, 15) is 4.79 Å². The number of nitrogens with zero attached hydrogens (tertiary/aromatic N) is 1. The van der Waals surface area contributed by atoms with Crippen LogP contribution >= 0.6 is 0 Å². The average molecular weight is 308 g/mol. The molecule has 2 rings (SSSR count). The molecule has 1 aromatic carbocycles. The quantitative estimate of drug-likeness (QED) is 0.923. The molecule has 0 fully saturated rings. The molecule has 1 atom stereocenters. The van der Waals surface area contributed by atoms with Crippen LogP contribution in [0.3, 0.4) is 0 Å². The number of ether oxygens (including phenoxy) is 3. The van der Waals surface area contributed by atoms with E-state index >= 15 is 0 Å². The van der Waals surface area contributed by atoms with Crippen LogP contribution in [0, 0.1) is 0 Å². The van der Waals surface area contributed by atoms with Gasteiger partial charge in [0.15, 0.2) is 0 Å². The summed E-state index contributed by atoms with van der Waals surface area (Å²) in [5, 5.41) is 0. The van der Waals surface area contributed by atoms with E-state index in [1.165, 1.54) is 0 Å². The van der Waals surface area contributed by atoms with E-state index in [2.05, 4.69) is 0 Å². The van der Waals surface area contributed by atoms with Crippen molar-refractivity contribution in [3.8, 4) is 11.5 Å². The summed E-state index contributed by atoms with van der Waals surface area (Å²) in [6, 6.07) is 1.75. The average Bonchev–Trinajstić information content (AvgIpc) is 2.53. The zero-order chi connectivity index (χ0) is 16.3. The van der Waals surface area contributed by atoms with Crippen molar-refractivity contribution in [2.24, 2.45) is 5.73 Å². The number of fused-ring (bicyclic) bond motifs is 1. The van der Waals surface area contributed by atoms with E-state index in [1.807, 2.05) is 13.0 Å². The van der Waals surface area contributed by atoms with Crippen molar-refractivity contribution in [3.05, 3.63) is 22.8 Å². The van der Waals surface area contributed by atoms with Crippen LogP contribution in [-0.2, 0) is 17.7 Å². The fraction of sp³-hybridized carbons (Fsp3) is 0.562. The second-order valence-corrected chi connectivity index (χ2v) is 5.19. The molecule has 22 heavy (non-hydrogen) atoms. The van der Waals surface area contributed by atoms with Gasteiger partial charge in [0.25, 0.3) is 0 Å². The minimum atomic E-state index is -0.301. The number of hydrogen-bond acceptors (Lipinski definition) is 5. The minimum Gasteiger partial charge on any atom is -0.496 e. The SMILES string of the molecule is CCOC(=O)N1CCc2c(OC)c(CN)cc(OC)c2C1C. The van der Waals surface area contributed by atoms with Crippen LogP contribution in [0.15, 0.2) is 6.07 Å². The van der Waals surface area contributed by atoms with Gasteiger partial charge in [0, 0.05) is 29.8 Å². The molecule has 1 aliphatic rings. The summed E-state index contributed by atoms with van der Waals surface area (Å²) in [6.45, 7) is 5.10. The van der Waals surface area contributed by atoms with Crippen LogP contribution in [0.2, 0.25) is 0 Å². The molecule has 1 aromatic rings. The Morgan fingerprint density at radius 1 is 1.41 bits per heavy atom. The van der Waals surface area contributed by atoms with Gasteiger partial charge in [0.1, 0.15) is 11.5 Å². The van der Waals surface area contributed by atoms with Crippen LogP contribution in [-0.4, -0.2) is 38.4 Å². The molecule has 1 aliphatic heterocycles. The Kier molecular flexibility index (Phi) is 5.13. The molecule has 2 N–H and O–H groups in total. The van der Waals surface area contributed by atoms with Gasteiger partial charge in [-0.05, 0) is 26.3 Å². The molecule has 0 aromatic heterocycles. The highest BCUT2D eigenvalue weighted by molar-refractivity contribution is 5.70. The Balaban J connectivity index is 2.51. The maximum Gasteiger partial charge on any atom is 0.410 e. The first kappa shape index (κ1) is 16.4. The number of amides is 1. The fourth-order valence-electron chi connectivity index (χ4n) is 3.08. The van der Waals surface area contributed by atoms with Gasteiger partial charge < -0.3 is 24.8 Å². The lowest BCUT2D eigenvalue weighted by Gasteiger charge is -2.36. The standard InChI is InChI=1S/C16H24N2O4/c1-5-22-16(19)18-7-6-12-14(10(18)2)13(20-3)8-11(9-17)15(12)21-4/h8,10H,5-7,9,17H2,1-4H3. The molecule has 6 heteroatoms. The molecule has 1 unspecified atom stereocenters. The monoisotopic (exact) mass is 308 g/mol. The van der Waals surface area contributed by atoms with Gasteiger partial charge in [0.05, 0.1) is 26.9 Å². The summed E-state index contributed by atoms with van der Waals surface area (Å²) in [5.74, 6) is 1.53. The number of methoxy groups -OCH3 is 2. The van der Waals surface area contributed by atoms with Crippen molar-refractivity contribution in [2.75, 3.05) is 27.4 Å². The normalized spacial score (nSPS) is 17.0. The number of nitrogens with two attached hydrogens (primary N) is 1. The smallest absolute Gasteiger partial charge is 0.410 e. The number of benzene rings is 1. The summed E-state index contributed by atoms with van der Waals surface area (Å²) < 4.78 is 16.2. The zero-order valence-electron chi connectivity index (χ0n) is 13.6. The molecular formula is C16H24N2O4. The van der Waals surface area contributed by atoms with E-state index in [-0.39, 0.29) is 12.1 Å². The fourth-order valence-corrected chi connectivity index (χ4v) is 3.08. The molecule has 0 bridgehead atoms. The molecule has 0 saturated heterocycles. The van der Waals surface area contributed by atoms with Crippen LogP contribution in [0.4, 0.5) is 4.79 Å². The predicted molar refractivity (Wildman–Crippen MR) is 83.3 cm³/mol. The molecule has 1 amide bonds. The first-order valence-corrected chi connectivity index (χ1v) is 7.49. The molecule has 122 valence electrons. The van der Waals surface area contributed by atoms with E-state index in [0.717, 1.165) is 28.2 Å². The Labute approximate surface area is 131 Å². The second kappa shape index (κ2) is 6.87. The second-order valence-electron chi connectivity index (χ2n) is 5.19.